The Morgan fingerprint density at radius 3 is 1.89 bits per heavy atom. The SMILES string of the molecule is CCCCCCCCCCC(F)CCCCC(=O)O. The van der Waals surface area contributed by atoms with Gasteiger partial charge in [0.05, 0.1) is 0 Å². The molecule has 114 valence electrons. The molecule has 0 aliphatic rings. The molecule has 1 N–H and O–H groups in total. The molecule has 19 heavy (non-hydrogen) atoms. The molecule has 0 aromatic carbocycles. The van der Waals surface area contributed by atoms with Crippen molar-refractivity contribution in [3.05, 3.63) is 0 Å². The van der Waals surface area contributed by atoms with E-state index in [-0.39, 0.29) is 6.42 Å². The fourth-order valence-corrected chi connectivity index (χ4v) is 2.29. The lowest BCUT2D eigenvalue weighted by molar-refractivity contribution is -0.137. The second-order valence-corrected chi connectivity index (χ2v) is 5.50. The molecule has 2 nitrogen and oxygen atoms in total. The molecule has 0 spiro atoms. The minimum Gasteiger partial charge on any atom is -0.481 e. The molecule has 1 unspecified atom stereocenters. The molecule has 0 aliphatic carbocycles. The summed E-state index contributed by atoms with van der Waals surface area (Å²) in [6, 6.07) is 0. The summed E-state index contributed by atoms with van der Waals surface area (Å²) in [5.74, 6) is -0.779. The summed E-state index contributed by atoms with van der Waals surface area (Å²) >= 11 is 0. The molecule has 0 aromatic heterocycles. The quantitative estimate of drug-likeness (QED) is 0.425. The fraction of sp³-hybridized carbons (Fsp3) is 0.938. The Morgan fingerprint density at radius 1 is 0.895 bits per heavy atom. The van der Waals surface area contributed by atoms with E-state index in [1.807, 2.05) is 0 Å². The summed E-state index contributed by atoms with van der Waals surface area (Å²) in [4.78, 5) is 10.3. The molecule has 3 heteroatoms. The lowest BCUT2D eigenvalue weighted by atomic mass is 10.0. The number of hydrogen-bond acceptors (Lipinski definition) is 1. The van der Waals surface area contributed by atoms with E-state index >= 15 is 0 Å². The van der Waals surface area contributed by atoms with Gasteiger partial charge in [0.25, 0.3) is 0 Å². The Bertz CT molecular complexity index is 207. The van der Waals surface area contributed by atoms with Crippen molar-refractivity contribution < 1.29 is 14.3 Å². The van der Waals surface area contributed by atoms with Gasteiger partial charge in [0.1, 0.15) is 6.17 Å². The van der Waals surface area contributed by atoms with Crippen molar-refractivity contribution in [3.8, 4) is 0 Å². The van der Waals surface area contributed by atoms with E-state index in [1.54, 1.807) is 0 Å². The zero-order chi connectivity index (χ0) is 14.3. The van der Waals surface area contributed by atoms with Crippen LogP contribution < -0.4 is 0 Å². The predicted molar refractivity (Wildman–Crippen MR) is 78.2 cm³/mol. The molecule has 0 aliphatic heterocycles. The van der Waals surface area contributed by atoms with E-state index in [0.29, 0.717) is 25.7 Å². The van der Waals surface area contributed by atoms with Crippen LogP contribution in [0.25, 0.3) is 0 Å². The normalized spacial score (nSPS) is 12.5. The zero-order valence-corrected chi connectivity index (χ0v) is 12.5. The van der Waals surface area contributed by atoms with Crippen molar-refractivity contribution in [2.24, 2.45) is 0 Å². The van der Waals surface area contributed by atoms with Gasteiger partial charge in [-0.25, -0.2) is 4.39 Å². The molecule has 0 amide bonds. The predicted octanol–water partition coefficient (Wildman–Crippen LogP) is 5.50. The van der Waals surface area contributed by atoms with Crippen LogP contribution in [-0.4, -0.2) is 17.2 Å². The van der Waals surface area contributed by atoms with Gasteiger partial charge in [-0.1, -0.05) is 58.3 Å². The van der Waals surface area contributed by atoms with Gasteiger partial charge in [0.2, 0.25) is 0 Å². The lowest BCUT2D eigenvalue weighted by Gasteiger charge is -2.07. The maximum absolute atomic E-state index is 13.5. The number of carbonyl (C=O) groups is 1. The highest BCUT2D eigenvalue weighted by Gasteiger charge is 2.06. The Morgan fingerprint density at radius 2 is 1.37 bits per heavy atom. The van der Waals surface area contributed by atoms with Crippen LogP contribution in [-0.2, 0) is 4.79 Å². The number of rotatable bonds is 14. The summed E-state index contributed by atoms with van der Waals surface area (Å²) in [6.07, 6.45) is 11.9. The second-order valence-electron chi connectivity index (χ2n) is 5.50. The summed E-state index contributed by atoms with van der Waals surface area (Å²) < 4.78 is 13.5. The summed E-state index contributed by atoms with van der Waals surface area (Å²) in [5, 5.41) is 8.46. The third-order valence-electron chi connectivity index (χ3n) is 3.53. The Balaban J connectivity index is 3.15. The molecule has 0 rings (SSSR count). The first-order valence-electron chi connectivity index (χ1n) is 8.02. The molecule has 0 saturated heterocycles. The number of carboxylic acid groups (broad SMARTS) is 1. The first-order chi connectivity index (χ1) is 9.16. The highest BCUT2D eigenvalue weighted by atomic mass is 19.1. The van der Waals surface area contributed by atoms with E-state index in [4.69, 9.17) is 5.11 Å². The third kappa shape index (κ3) is 15.3. The second kappa shape index (κ2) is 13.8. The zero-order valence-electron chi connectivity index (χ0n) is 12.5. The molecular weight excluding hydrogens is 243 g/mol. The van der Waals surface area contributed by atoms with Crippen LogP contribution in [0, 0.1) is 0 Å². The van der Waals surface area contributed by atoms with Gasteiger partial charge in [-0.05, 0) is 25.7 Å². The van der Waals surface area contributed by atoms with Crippen LogP contribution in [0.4, 0.5) is 4.39 Å². The molecule has 0 radical (unpaired) electrons. The highest BCUT2D eigenvalue weighted by molar-refractivity contribution is 5.66. The van der Waals surface area contributed by atoms with Gasteiger partial charge in [0, 0.05) is 6.42 Å². The maximum atomic E-state index is 13.5. The van der Waals surface area contributed by atoms with Crippen LogP contribution >= 0.6 is 0 Å². The summed E-state index contributed by atoms with van der Waals surface area (Å²) in [7, 11) is 0. The minimum atomic E-state index is -0.779. The highest BCUT2D eigenvalue weighted by Crippen LogP contribution is 2.15. The van der Waals surface area contributed by atoms with E-state index in [1.165, 1.54) is 38.5 Å². The molecular formula is C16H31FO2. The molecule has 0 bridgehead atoms. The lowest BCUT2D eigenvalue weighted by Crippen LogP contribution is -2.01. The van der Waals surface area contributed by atoms with Gasteiger partial charge >= 0.3 is 5.97 Å². The smallest absolute Gasteiger partial charge is 0.303 e. The first kappa shape index (κ1) is 18.4. The molecule has 0 saturated carbocycles. The van der Waals surface area contributed by atoms with Gasteiger partial charge in [-0.15, -0.1) is 0 Å². The number of halogens is 1. The van der Waals surface area contributed by atoms with E-state index in [0.717, 1.165) is 12.8 Å². The van der Waals surface area contributed by atoms with E-state index < -0.39 is 12.1 Å². The molecule has 0 aromatic rings. The average molecular weight is 274 g/mol. The van der Waals surface area contributed by atoms with Crippen LogP contribution in [0.1, 0.15) is 90.4 Å². The summed E-state index contributed by atoms with van der Waals surface area (Å²) in [6.45, 7) is 2.22. The first-order valence-corrected chi connectivity index (χ1v) is 8.02. The van der Waals surface area contributed by atoms with Gasteiger partial charge in [-0.3, -0.25) is 4.79 Å². The largest absolute Gasteiger partial charge is 0.481 e. The van der Waals surface area contributed by atoms with Gasteiger partial charge in [0.15, 0.2) is 0 Å². The van der Waals surface area contributed by atoms with Crippen molar-refractivity contribution in [1.29, 1.82) is 0 Å². The maximum Gasteiger partial charge on any atom is 0.303 e. The monoisotopic (exact) mass is 274 g/mol. The Kier molecular flexibility index (Phi) is 13.4. The molecule has 1 atom stereocenters. The number of unbranched alkanes of at least 4 members (excludes halogenated alkanes) is 8. The number of alkyl halides is 1. The van der Waals surface area contributed by atoms with Crippen molar-refractivity contribution >= 4 is 5.97 Å². The number of hydrogen-bond donors (Lipinski definition) is 1. The average Bonchev–Trinajstić information content (AvgIpc) is 2.37. The van der Waals surface area contributed by atoms with E-state index in [9.17, 15) is 9.18 Å². The van der Waals surface area contributed by atoms with Crippen molar-refractivity contribution in [3.63, 3.8) is 0 Å². The van der Waals surface area contributed by atoms with Gasteiger partial charge < -0.3 is 5.11 Å². The fourth-order valence-electron chi connectivity index (χ4n) is 2.29. The van der Waals surface area contributed by atoms with Crippen LogP contribution in [0.2, 0.25) is 0 Å². The third-order valence-corrected chi connectivity index (χ3v) is 3.53. The van der Waals surface area contributed by atoms with Crippen molar-refractivity contribution in [1.82, 2.24) is 0 Å². The molecule has 0 heterocycles. The Labute approximate surface area is 117 Å². The van der Waals surface area contributed by atoms with Crippen LogP contribution in [0.15, 0.2) is 0 Å². The summed E-state index contributed by atoms with van der Waals surface area (Å²) in [5.41, 5.74) is 0. The van der Waals surface area contributed by atoms with E-state index in [2.05, 4.69) is 6.92 Å². The Hall–Kier alpha value is -0.600. The van der Waals surface area contributed by atoms with Crippen LogP contribution in [0.3, 0.4) is 0 Å². The van der Waals surface area contributed by atoms with Crippen molar-refractivity contribution in [2.75, 3.05) is 0 Å². The minimum absolute atomic E-state index is 0.171. The van der Waals surface area contributed by atoms with Gasteiger partial charge in [-0.2, -0.15) is 0 Å². The van der Waals surface area contributed by atoms with Crippen molar-refractivity contribution in [2.45, 2.75) is 96.6 Å². The topological polar surface area (TPSA) is 37.3 Å². The standard InChI is InChI=1S/C16H31FO2/c1-2-3-4-5-6-7-8-9-12-15(17)13-10-11-14-16(18)19/h15H,2-14H2,1H3,(H,18,19). The number of aliphatic carboxylic acids is 1. The number of carboxylic acids is 1. The molecule has 0 fully saturated rings. The van der Waals surface area contributed by atoms with Crippen LogP contribution in [0.5, 0.6) is 0 Å².